The molecule has 0 aliphatic rings. The highest BCUT2D eigenvalue weighted by Gasteiger charge is 2.19. The normalized spacial score (nSPS) is 10.8. The first-order valence-electron chi connectivity index (χ1n) is 8.50. The number of hydrogen-bond donors (Lipinski definition) is 1. The molecule has 0 aliphatic heterocycles. The molecule has 0 radical (unpaired) electrons. The van der Waals surface area contributed by atoms with Crippen molar-refractivity contribution in [2.45, 2.75) is 13.6 Å². The van der Waals surface area contributed by atoms with Gasteiger partial charge in [-0.2, -0.15) is 9.36 Å². The van der Waals surface area contributed by atoms with Crippen molar-refractivity contribution in [3.05, 3.63) is 64.1 Å². The van der Waals surface area contributed by atoms with Crippen molar-refractivity contribution in [2.24, 2.45) is 0 Å². The van der Waals surface area contributed by atoms with E-state index in [2.05, 4.69) is 10.4 Å². The summed E-state index contributed by atoms with van der Waals surface area (Å²) in [6, 6.07) is 7.71. The van der Waals surface area contributed by atoms with Crippen molar-refractivity contribution in [3.8, 4) is 11.4 Å². The molecule has 0 aliphatic carbocycles. The summed E-state index contributed by atoms with van der Waals surface area (Å²) in [5, 5.41) is 16.6. The van der Waals surface area contributed by atoms with Crippen LogP contribution in [0.2, 0.25) is 0 Å². The third kappa shape index (κ3) is 3.79. The van der Waals surface area contributed by atoms with Crippen LogP contribution >= 0.6 is 0 Å². The van der Waals surface area contributed by atoms with E-state index < -0.39 is 29.0 Å². The average molecular weight is 405 g/mol. The van der Waals surface area contributed by atoms with Gasteiger partial charge in [0.2, 0.25) is 0 Å². The van der Waals surface area contributed by atoms with Gasteiger partial charge < -0.3 is 14.7 Å². The van der Waals surface area contributed by atoms with E-state index in [9.17, 15) is 23.5 Å². The van der Waals surface area contributed by atoms with Gasteiger partial charge in [-0.15, -0.1) is 0 Å². The Kier molecular flexibility index (Phi) is 5.57. The van der Waals surface area contributed by atoms with E-state index in [-0.39, 0.29) is 18.0 Å². The lowest BCUT2D eigenvalue weighted by Gasteiger charge is -2.23. The first kappa shape index (κ1) is 20.0. The van der Waals surface area contributed by atoms with Gasteiger partial charge in [-0.05, 0) is 47.7 Å². The third-order valence-corrected chi connectivity index (χ3v) is 4.25. The molecule has 11 heteroatoms. The van der Waals surface area contributed by atoms with Crippen LogP contribution in [-0.4, -0.2) is 44.5 Å². The summed E-state index contributed by atoms with van der Waals surface area (Å²) >= 11 is 0. The SMILES string of the molecule is CCN(Cn1nnn(-c2c(F)cccc2F)c1=O)c1ccc(OC)c(C(=O)O)c1. The van der Waals surface area contributed by atoms with E-state index in [0.29, 0.717) is 16.9 Å². The summed E-state index contributed by atoms with van der Waals surface area (Å²) in [6.45, 7) is 2.06. The topological polar surface area (TPSA) is 102 Å². The Morgan fingerprint density at radius 2 is 1.90 bits per heavy atom. The molecule has 0 saturated heterocycles. The van der Waals surface area contributed by atoms with Crippen LogP contribution in [0.5, 0.6) is 5.75 Å². The molecule has 0 saturated carbocycles. The monoisotopic (exact) mass is 405 g/mol. The fourth-order valence-corrected chi connectivity index (χ4v) is 2.78. The molecule has 0 unspecified atom stereocenters. The van der Waals surface area contributed by atoms with Gasteiger partial charge in [-0.1, -0.05) is 6.07 Å². The number of anilines is 1. The number of rotatable bonds is 7. The highest BCUT2D eigenvalue weighted by atomic mass is 19.1. The maximum atomic E-state index is 14.0. The fourth-order valence-electron chi connectivity index (χ4n) is 2.78. The molecule has 9 nitrogen and oxygen atoms in total. The number of halogens is 2. The van der Waals surface area contributed by atoms with Gasteiger partial charge in [-0.25, -0.2) is 18.4 Å². The van der Waals surface area contributed by atoms with Crippen LogP contribution in [0.4, 0.5) is 14.5 Å². The van der Waals surface area contributed by atoms with Gasteiger partial charge in [0, 0.05) is 12.2 Å². The largest absolute Gasteiger partial charge is 0.496 e. The molecule has 1 heterocycles. The molecule has 2 aromatic carbocycles. The van der Waals surface area contributed by atoms with Crippen LogP contribution in [0.15, 0.2) is 41.2 Å². The zero-order chi connectivity index (χ0) is 21.1. The Balaban J connectivity index is 1.96. The number of carboxylic acids is 1. The number of para-hydroxylation sites is 1. The van der Waals surface area contributed by atoms with E-state index in [4.69, 9.17) is 4.74 Å². The highest BCUT2D eigenvalue weighted by molar-refractivity contribution is 5.92. The van der Waals surface area contributed by atoms with Gasteiger partial charge in [-0.3, -0.25) is 0 Å². The van der Waals surface area contributed by atoms with E-state index >= 15 is 0 Å². The zero-order valence-corrected chi connectivity index (χ0v) is 15.5. The third-order valence-electron chi connectivity index (χ3n) is 4.25. The summed E-state index contributed by atoms with van der Waals surface area (Å²) in [4.78, 5) is 25.6. The smallest absolute Gasteiger partial charge is 0.370 e. The van der Waals surface area contributed by atoms with Crippen molar-refractivity contribution in [2.75, 3.05) is 18.6 Å². The second kappa shape index (κ2) is 8.09. The summed E-state index contributed by atoms with van der Waals surface area (Å²) in [6.07, 6.45) is 0. The van der Waals surface area contributed by atoms with Crippen LogP contribution in [-0.2, 0) is 6.67 Å². The molecule has 1 N–H and O–H groups in total. The molecule has 3 rings (SSSR count). The quantitative estimate of drug-likeness (QED) is 0.640. The summed E-state index contributed by atoms with van der Waals surface area (Å²) in [5.74, 6) is -2.88. The number of tetrazole rings is 1. The Labute approximate surface area is 163 Å². The van der Waals surface area contributed by atoms with E-state index in [1.807, 2.05) is 0 Å². The lowest BCUT2D eigenvalue weighted by molar-refractivity contribution is 0.0693. The Morgan fingerprint density at radius 3 is 2.48 bits per heavy atom. The summed E-state index contributed by atoms with van der Waals surface area (Å²) < 4.78 is 34.4. The fraction of sp³-hybridized carbons (Fsp3) is 0.222. The van der Waals surface area contributed by atoms with Crippen LogP contribution < -0.4 is 15.3 Å². The van der Waals surface area contributed by atoms with Crippen LogP contribution in [0.3, 0.4) is 0 Å². The van der Waals surface area contributed by atoms with E-state index in [1.54, 1.807) is 17.9 Å². The lowest BCUT2D eigenvalue weighted by atomic mass is 10.1. The molecular weight excluding hydrogens is 388 g/mol. The molecule has 0 bridgehead atoms. The summed E-state index contributed by atoms with van der Waals surface area (Å²) in [7, 11) is 1.36. The lowest BCUT2D eigenvalue weighted by Crippen LogP contribution is -2.34. The predicted octanol–water partition coefficient (Wildman–Crippen LogP) is 1.90. The first-order valence-corrected chi connectivity index (χ1v) is 8.50. The number of ether oxygens (including phenoxy) is 1. The van der Waals surface area contributed by atoms with Gasteiger partial charge in [0.1, 0.15) is 23.7 Å². The van der Waals surface area contributed by atoms with Crippen LogP contribution in [0.1, 0.15) is 17.3 Å². The van der Waals surface area contributed by atoms with E-state index in [1.165, 1.54) is 25.3 Å². The van der Waals surface area contributed by atoms with Gasteiger partial charge >= 0.3 is 11.7 Å². The average Bonchev–Trinajstić information content (AvgIpc) is 3.05. The predicted molar refractivity (Wildman–Crippen MR) is 98.5 cm³/mol. The maximum Gasteiger partial charge on any atom is 0.370 e. The molecule has 3 aromatic rings. The van der Waals surface area contributed by atoms with Crippen molar-refractivity contribution in [1.29, 1.82) is 0 Å². The molecule has 29 heavy (non-hydrogen) atoms. The van der Waals surface area contributed by atoms with Crippen LogP contribution in [0, 0.1) is 11.6 Å². The Bertz CT molecular complexity index is 1090. The maximum absolute atomic E-state index is 14.0. The minimum Gasteiger partial charge on any atom is -0.496 e. The molecule has 0 atom stereocenters. The molecule has 0 spiro atoms. The van der Waals surface area contributed by atoms with E-state index in [0.717, 1.165) is 16.8 Å². The standard InChI is InChI=1S/C18H17F2N5O4/c1-3-23(11-7-8-15(29-2)12(9-11)17(26)27)10-24-18(28)25(22-21-24)16-13(19)5-4-6-14(16)20/h4-9H,3,10H2,1-2H3,(H,26,27). The summed E-state index contributed by atoms with van der Waals surface area (Å²) in [5.41, 5.74) is -1.03. The van der Waals surface area contributed by atoms with Gasteiger partial charge in [0.25, 0.3) is 0 Å². The highest BCUT2D eigenvalue weighted by Crippen LogP contribution is 2.25. The Morgan fingerprint density at radius 1 is 1.21 bits per heavy atom. The van der Waals surface area contributed by atoms with Crippen molar-refractivity contribution >= 4 is 11.7 Å². The van der Waals surface area contributed by atoms with Gasteiger partial charge in [0.15, 0.2) is 11.6 Å². The minimum atomic E-state index is -1.17. The molecule has 1 aromatic heterocycles. The minimum absolute atomic E-state index is 0.0483. The van der Waals surface area contributed by atoms with Crippen molar-refractivity contribution in [3.63, 3.8) is 0 Å². The second-order valence-electron chi connectivity index (χ2n) is 5.93. The molecule has 152 valence electrons. The number of carboxylic acid groups (broad SMARTS) is 1. The molecule has 0 amide bonds. The first-order chi connectivity index (χ1) is 13.9. The van der Waals surface area contributed by atoms with Crippen molar-refractivity contribution in [1.82, 2.24) is 19.8 Å². The number of aromatic nitrogens is 4. The van der Waals surface area contributed by atoms with Crippen LogP contribution in [0.25, 0.3) is 5.69 Å². The number of carbonyl (C=O) groups is 1. The number of benzene rings is 2. The number of methoxy groups -OCH3 is 1. The Hall–Kier alpha value is -3.76. The molecule has 0 fully saturated rings. The zero-order valence-electron chi connectivity index (χ0n) is 15.5. The molecular formula is C18H17F2N5O4. The van der Waals surface area contributed by atoms with Crippen molar-refractivity contribution < 1.29 is 23.4 Å². The number of aromatic carboxylic acids is 1. The second-order valence-corrected chi connectivity index (χ2v) is 5.93. The number of hydrogen-bond acceptors (Lipinski definition) is 6. The number of nitrogens with zero attached hydrogens (tertiary/aromatic N) is 5. The van der Waals surface area contributed by atoms with Gasteiger partial charge in [0.05, 0.1) is 7.11 Å².